The molecular weight excluding hydrogens is 241 g/mol. The molecule has 2 rings (SSSR count). The Morgan fingerprint density at radius 3 is 2.50 bits per heavy atom. The minimum Gasteiger partial charge on any atom is -0.480 e. The van der Waals surface area contributed by atoms with Crippen LogP contribution in [0.25, 0.3) is 10.8 Å². The lowest BCUT2D eigenvalue weighted by molar-refractivity contribution is -0.149. The van der Waals surface area contributed by atoms with Crippen molar-refractivity contribution in [3.8, 4) is 0 Å². The van der Waals surface area contributed by atoms with Crippen LogP contribution in [0.5, 0.6) is 0 Å². The highest BCUT2D eigenvalue weighted by Crippen LogP contribution is 2.27. The lowest BCUT2D eigenvalue weighted by Crippen LogP contribution is -2.21. The Hall–Kier alpha value is -2.50. The zero-order valence-electron chi connectivity index (χ0n) is 9.00. The van der Waals surface area contributed by atoms with Crippen LogP contribution in [0, 0.1) is 5.82 Å². The number of benzene rings is 1. The van der Waals surface area contributed by atoms with Crippen molar-refractivity contribution in [2.24, 2.45) is 0 Å². The van der Waals surface area contributed by atoms with Gasteiger partial charge in [-0.05, 0) is 29.1 Å². The molecule has 0 saturated carbocycles. The van der Waals surface area contributed by atoms with E-state index in [1.807, 2.05) is 0 Å². The van der Waals surface area contributed by atoms with Crippen molar-refractivity contribution in [2.45, 2.75) is 5.92 Å². The van der Waals surface area contributed by atoms with E-state index < -0.39 is 23.7 Å². The number of hydrogen-bond donors (Lipinski definition) is 2. The van der Waals surface area contributed by atoms with Gasteiger partial charge in [-0.15, -0.1) is 0 Å². The van der Waals surface area contributed by atoms with E-state index in [0.717, 1.165) is 6.07 Å². The first kappa shape index (κ1) is 12.0. The molecule has 0 aliphatic heterocycles. The third kappa shape index (κ3) is 2.00. The predicted octanol–water partition coefficient (Wildman–Crippen LogP) is 1.63. The monoisotopic (exact) mass is 249 g/mol. The molecule has 1 aromatic heterocycles. The fourth-order valence-electron chi connectivity index (χ4n) is 1.80. The number of aliphatic carboxylic acids is 2. The third-order valence-electron chi connectivity index (χ3n) is 2.56. The topological polar surface area (TPSA) is 87.5 Å². The zero-order valence-corrected chi connectivity index (χ0v) is 9.00. The predicted molar refractivity (Wildman–Crippen MR) is 59.7 cm³/mol. The lowest BCUT2D eigenvalue weighted by atomic mass is 9.94. The molecule has 0 unspecified atom stereocenters. The Kier molecular flexibility index (Phi) is 2.93. The van der Waals surface area contributed by atoms with Gasteiger partial charge in [0.25, 0.3) is 0 Å². The van der Waals surface area contributed by atoms with Gasteiger partial charge in [0.1, 0.15) is 5.82 Å². The van der Waals surface area contributed by atoms with Crippen LogP contribution in [0.1, 0.15) is 11.5 Å². The maximum atomic E-state index is 13.4. The molecule has 0 atom stereocenters. The number of hydrogen-bond acceptors (Lipinski definition) is 3. The van der Waals surface area contributed by atoms with Gasteiger partial charge >= 0.3 is 11.9 Å². The molecule has 6 heteroatoms. The van der Waals surface area contributed by atoms with Gasteiger partial charge in [0.15, 0.2) is 5.92 Å². The number of rotatable bonds is 3. The summed E-state index contributed by atoms with van der Waals surface area (Å²) in [7, 11) is 0. The minimum absolute atomic E-state index is 0.113. The second kappa shape index (κ2) is 4.40. The van der Waals surface area contributed by atoms with E-state index in [9.17, 15) is 14.0 Å². The number of carbonyl (C=O) groups is 2. The van der Waals surface area contributed by atoms with E-state index in [1.165, 1.54) is 24.5 Å². The van der Waals surface area contributed by atoms with Crippen LogP contribution in [0.4, 0.5) is 4.39 Å². The van der Waals surface area contributed by atoms with Crippen molar-refractivity contribution in [2.75, 3.05) is 0 Å². The van der Waals surface area contributed by atoms with Crippen molar-refractivity contribution in [3.05, 3.63) is 42.0 Å². The summed E-state index contributed by atoms with van der Waals surface area (Å²) in [6, 6.07) is 3.60. The highest BCUT2D eigenvalue weighted by molar-refractivity contribution is 6.03. The largest absolute Gasteiger partial charge is 0.480 e. The summed E-state index contributed by atoms with van der Waals surface area (Å²) in [5.41, 5.74) is -0.113. The summed E-state index contributed by atoms with van der Waals surface area (Å²) in [5, 5.41) is 18.6. The number of fused-ring (bicyclic) bond motifs is 1. The number of carboxylic acids is 2. The lowest BCUT2D eigenvalue weighted by Gasteiger charge is -2.11. The molecule has 0 spiro atoms. The zero-order chi connectivity index (χ0) is 13.3. The Balaban J connectivity index is 2.76. The molecule has 2 aromatic rings. The molecule has 0 bridgehead atoms. The second-order valence-electron chi connectivity index (χ2n) is 3.70. The standard InChI is InChI=1S/C12H8FNO4/c13-7-3-6-1-2-14-5-9(6)8(4-7)10(11(15)16)12(17)18/h1-5,10H,(H,15,16)(H,17,18). The summed E-state index contributed by atoms with van der Waals surface area (Å²) in [6.07, 6.45) is 2.74. The van der Waals surface area contributed by atoms with Gasteiger partial charge < -0.3 is 10.2 Å². The van der Waals surface area contributed by atoms with Gasteiger partial charge in [0.05, 0.1) is 0 Å². The normalized spacial score (nSPS) is 10.8. The van der Waals surface area contributed by atoms with E-state index >= 15 is 0 Å². The van der Waals surface area contributed by atoms with Crippen molar-refractivity contribution >= 4 is 22.7 Å². The van der Waals surface area contributed by atoms with Crippen molar-refractivity contribution in [3.63, 3.8) is 0 Å². The molecule has 2 N–H and O–H groups in total. The first-order valence-electron chi connectivity index (χ1n) is 4.99. The van der Waals surface area contributed by atoms with E-state index in [2.05, 4.69) is 4.98 Å². The average Bonchev–Trinajstić information content (AvgIpc) is 2.27. The summed E-state index contributed by atoms with van der Waals surface area (Å²) in [4.78, 5) is 25.7. The van der Waals surface area contributed by atoms with Gasteiger partial charge in [-0.25, -0.2) is 4.39 Å². The Morgan fingerprint density at radius 1 is 1.22 bits per heavy atom. The Morgan fingerprint density at radius 2 is 1.89 bits per heavy atom. The van der Waals surface area contributed by atoms with E-state index in [1.54, 1.807) is 0 Å². The fraction of sp³-hybridized carbons (Fsp3) is 0.0833. The van der Waals surface area contributed by atoms with Gasteiger partial charge in [0.2, 0.25) is 0 Å². The van der Waals surface area contributed by atoms with Crippen LogP contribution in [0.3, 0.4) is 0 Å². The van der Waals surface area contributed by atoms with Crippen LogP contribution in [-0.2, 0) is 9.59 Å². The molecule has 0 saturated heterocycles. The van der Waals surface area contributed by atoms with Crippen LogP contribution >= 0.6 is 0 Å². The van der Waals surface area contributed by atoms with Crippen LogP contribution in [0.2, 0.25) is 0 Å². The number of carboxylic acid groups (broad SMARTS) is 2. The minimum atomic E-state index is -1.81. The Labute approximate surface area is 101 Å². The van der Waals surface area contributed by atoms with Crippen LogP contribution in [-0.4, -0.2) is 27.1 Å². The molecule has 1 aromatic carbocycles. The molecule has 0 amide bonds. The summed E-state index contributed by atoms with van der Waals surface area (Å²) < 4.78 is 13.4. The number of nitrogens with zero attached hydrogens (tertiary/aromatic N) is 1. The van der Waals surface area contributed by atoms with E-state index in [-0.39, 0.29) is 5.56 Å². The van der Waals surface area contributed by atoms with Gasteiger partial charge in [-0.1, -0.05) is 0 Å². The smallest absolute Gasteiger partial charge is 0.322 e. The molecule has 0 aliphatic carbocycles. The van der Waals surface area contributed by atoms with Crippen LogP contribution in [0.15, 0.2) is 30.6 Å². The second-order valence-corrected chi connectivity index (χ2v) is 3.70. The first-order chi connectivity index (χ1) is 8.50. The van der Waals surface area contributed by atoms with E-state index in [4.69, 9.17) is 10.2 Å². The Bertz CT molecular complexity index is 627. The molecule has 0 aliphatic rings. The number of pyridine rings is 1. The highest BCUT2D eigenvalue weighted by Gasteiger charge is 2.30. The summed E-state index contributed by atoms with van der Waals surface area (Å²) in [5.74, 6) is -5.58. The van der Waals surface area contributed by atoms with Gasteiger partial charge in [-0.3, -0.25) is 14.6 Å². The molecule has 18 heavy (non-hydrogen) atoms. The summed E-state index contributed by atoms with van der Waals surface area (Å²) >= 11 is 0. The van der Waals surface area contributed by atoms with Crippen molar-refractivity contribution < 1.29 is 24.2 Å². The highest BCUT2D eigenvalue weighted by atomic mass is 19.1. The third-order valence-corrected chi connectivity index (χ3v) is 2.56. The molecular formula is C12H8FNO4. The maximum Gasteiger partial charge on any atom is 0.322 e. The molecule has 0 fully saturated rings. The molecule has 5 nitrogen and oxygen atoms in total. The fourth-order valence-corrected chi connectivity index (χ4v) is 1.80. The molecule has 92 valence electrons. The average molecular weight is 249 g/mol. The maximum absolute atomic E-state index is 13.4. The van der Waals surface area contributed by atoms with Gasteiger partial charge in [-0.2, -0.15) is 0 Å². The molecule has 0 radical (unpaired) electrons. The van der Waals surface area contributed by atoms with E-state index in [0.29, 0.717) is 10.8 Å². The van der Waals surface area contributed by atoms with Crippen LogP contribution < -0.4 is 0 Å². The molecule has 1 heterocycles. The first-order valence-corrected chi connectivity index (χ1v) is 4.99. The SMILES string of the molecule is O=C(O)C(C(=O)O)c1cc(F)cc2ccncc12. The quantitative estimate of drug-likeness (QED) is 0.807. The summed E-state index contributed by atoms with van der Waals surface area (Å²) in [6.45, 7) is 0. The number of aromatic nitrogens is 1. The van der Waals surface area contributed by atoms with Gasteiger partial charge in [0, 0.05) is 17.8 Å². The van der Waals surface area contributed by atoms with Crippen molar-refractivity contribution in [1.29, 1.82) is 0 Å². The number of halogens is 1. The van der Waals surface area contributed by atoms with Crippen molar-refractivity contribution in [1.82, 2.24) is 4.98 Å².